The highest BCUT2D eigenvalue weighted by Crippen LogP contribution is 2.05. The van der Waals surface area contributed by atoms with Gasteiger partial charge in [-0.1, -0.05) is 25.0 Å². The van der Waals surface area contributed by atoms with Gasteiger partial charge in [0.05, 0.1) is 6.42 Å². The Morgan fingerprint density at radius 3 is 2.13 bits per heavy atom. The molecule has 0 rings (SSSR count). The number of rotatable bonds is 9. The van der Waals surface area contributed by atoms with Gasteiger partial charge < -0.3 is 10.2 Å². The summed E-state index contributed by atoms with van der Waals surface area (Å²) in [6.45, 7) is 0. The van der Waals surface area contributed by atoms with E-state index in [1.807, 2.05) is 6.08 Å². The second-order valence-electron chi connectivity index (χ2n) is 3.42. The third-order valence-electron chi connectivity index (χ3n) is 1.97. The first-order valence-corrected chi connectivity index (χ1v) is 5.21. The molecule has 4 heteroatoms. The molecule has 0 saturated carbocycles. The van der Waals surface area contributed by atoms with Crippen LogP contribution in [0, 0.1) is 0 Å². The summed E-state index contributed by atoms with van der Waals surface area (Å²) in [5.74, 6) is -1.55. The molecular weight excluding hydrogens is 196 g/mol. The smallest absolute Gasteiger partial charge is 0.307 e. The summed E-state index contributed by atoms with van der Waals surface area (Å²) in [6, 6.07) is 0. The number of carbonyl (C=O) groups is 2. The highest BCUT2D eigenvalue weighted by molar-refractivity contribution is 5.68. The van der Waals surface area contributed by atoms with Crippen LogP contribution in [0.25, 0.3) is 0 Å². The largest absolute Gasteiger partial charge is 0.481 e. The summed E-state index contributed by atoms with van der Waals surface area (Å²) < 4.78 is 0. The predicted molar refractivity (Wildman–Crippen MR) is 56.7 cm³/mol. The summed E-state index contributed by atoms with van der Waals surface area (Å²) in [4.78, 5) is 20.3. The maximum atomic E-state index is 10.2. The van der Waals surface area contributed by atoms with E-state index in [1.54, 1.807) is 6.08 Å². The van der Waals surface area contributed by atoms with Crippen LogP contribution in [-0.2, 0) is 9.59 Å². The van der Waals surface area contributed by atoms with Gasteiger partial charge in [-0.05, 0) is 19.3 Å². The van der Waals surface area contributed by atoms with Crippen molar-refractivity contribution in [1.82, 2.24) is 0 Å². The second kappa shape index (κ2) is 9.24. The number of carboxylic acids is 2. The van der Waals surface area contributed by atoms with E-state index < -0.39 is 11.9 Å². The standard InChI is InChI=1S/C11H18O4/c12-10(13)8-6-4-2-1-3-5-7-9-11(14)15/h4,6H,1-3,5,7-9H2,(H,12,13)(H,14,15)/b6-4-. The van der Waals surface area contributed by atoms with E-state index in [4.69, 9.17) is 10.2 Å². The summed E-state index contributed by atoms with van der Waals surface area (Å²) in [5.41, 5.74) is 0. The molecule has 0 fully saturated rings. The van der Waals surface area contributed by atoms with Crippen LogP contribution >= 0.6 is 0 Å². The molecule has 2 N–H and O–H groups in total. The molecule has 0 aromatic carbocycles. The Bertz CT molecular complexity index is 221. The van der Waals surface area contributed by atoms with E-state index in [9.17, 15) is 9.59 Å². The molecule has 0 aliphatic heterocycles. The van der Waals surface area contributed by atoms with Crippen LogP contribution in [0.2, 0.25) is 0 Å². The van der Waals surface area contributed by atoms with Gasteiger partial charge in [0.25, 0.3) is 0 Å². The summed E-state index contributed by atoms with van der Waals surface area (Å²) in [5, 5.41) is 16.7. The lowest BCUT2D eigenvalue weighted by molar-refractivity contribution is -0.137. The highest BCUT2D eigenvalue weighted by atomic mass is 16.4. The molecule has 0 aromatic heterocycles. The molecule has 0 heterocycles. The fourth-order valence-electron chi connectivity index (χ4n) is 1.19. The number of hydrogen-bond donors (Lipinski definition) is 2. The molecule has 4 nitrogen and oxygen atoms in total. The molecule has 0 unspecified atom stereocenters. The number of unbranched alkanes of at least 4 members (excludes halogenated alkanes) is 4. The third kappa shape index (κ3) is 12.7. The number of hydrogen-bond acceptors (Lipinski definition) is 2. The van der Waals surface area contributed by atoms with Crippen LogP contribution in [0.1, 0.15) is 44.9 Å². The van der Waals surface area contributed by atoms with Gasteiger partial charge in [0.1, 0.15) is 0 Å². The molecule has 0 atom stereocenters. The van der Waals surface area contributed by atoms with Crippen LogP contribution in [0.3, 0.4) is 0 Å². The Balaban J connectivity index is 3.14. The van der Waals surface area contributed by atoms with Gasteiger partial charge in [-0.2, -0.15) is 0 Å². The van der Waals surface area contributed by atoms with Crippen molar-refractivity contribution in [2.24, 2.45) is 0 Å². The molecule has 0 saturated heterocycles. The Kier molecular flexibility index (Phi) is 8.43. The molecule has 0 radical (unpaired) electrons. The van der Waals surface area contributed by atoms with Crippen LogP contribution in [0.15, 0.2) is 12.2 Å². The van der Waals surface area contributed by atoms with E-state index in [-0.39, 0.29) is 12.8 Å². The van der Waals surface area contributed by atoms with Crippen molar-refractivity contribution >= 4 is 11.9 Å². The summed E-state index contributed by atoms with van der Waals surface area (Å²) >= 11 is 0. The maximum Gasteiger partial charge on any atom is 0.307 e. The topological polar surface area (TPSA) is 74.6 Å². The Morgan fingerprint density at radius 1 is 0.867 bits per heavy atom. The zero-order valence-electron chi connectivity index (χ0n) is 8.82. The van der Waals surface area contributed by atoms with E-state index in [0.29, 0.717) is 0 Å². The lowest BCUT2D eigenvalue weighted by Crippen LogP contribution is -1.93. The van der Waals surface area contributed by atoms with E-state index in [0.717, 1.165) is 32.1 Å². The minimum Gasteiger partial charge on any atom is -0.481 e. The maximum absolute atomic E-state index is 10.2. The van der Waals surface area contributed by atoms with Crippen LogP contribution < -0.4 is 0 Å². The second-order valence-corrected chi connectivity index (χ2v) is 3.42. The zero-order valence-corrected chi connectivity index (χ0v) is 8.82. The van der Waals surface area contributed by atoms with Gasteiger partial charge in [-0.3, -0.25) is 9.59 Å². The number of carboxylic acid groups (broad SMARTS) is 2. The van der Waals surface area contributed by atoms with Gasteiger partial charge >= 0.3 is 11.9 Å². The molecular formula is C11H18O4. The molecule has 0 bridgehead atoms. The van der Waals surface area contributed by atoms with Crippen molar-refractivity contribution in [3.05, 3.63) is 12.2 Å². The molecule has 0 aliphatic rings. The lowest BCUT2D eigenvalue weighted by atomic mass is 10.1. The van der Waals surface area contributed by atoms with Gasteiger partial charge in [-0.25, -0.2) is 0 Å². The predicted octanol–water partition coefficient (Wildman–Crippen LogP) is 2.44. The number of allylic oxidation sites excluding steroid dienone is 1. The number of aliphatic carboxylic acids is 2. The van der Waals surface area contributed by atoms with Crippen molar-refractivity contribution in [1.29, 1.82) is 0 Å². The first-order chi connectivity index (χ1) is 7.13. The zero-order chi connectivity index (χ0) is 11.5. The Hall–Kier alpha value is -1.32. The van der Waals surface area contributed by atoms with E-state index >= 15 is 0 Å². The summed E-state index contributed by atoms with van der Waals surface area (Å²) in [7, 11) is 0. The minimum absolute atomic E-state index is 0.0824. The molecule has 0 aromatic rings. The highest BCUT2D eigenvalue weighted by Gasteiger charge is 1.95. The van der Waals surface area contributed by atoms with E-state index in [1.165, 1.54) is 0 Å². The quantitative estimate of drug-likeness (QED) is 0.456. The minimum atomic E-state index is -0.812. The van der Waals surface area contributed by atoms with Crippen LogP contribution in [0.4, 0.5) is 0 Å². The molecule has 0 amide bonds. The van der Waals surface area contributed by atoms with Crippen molar-refractivity contribution in [2.75, 3.05) is 0 Å². The Morgan fingerprint density at radius 2 is 1.53 bits per heavy atom. The van der Waals surface area contributed by atoms with E-state index in [2.05, 4.69) is 0 Å². The molecule has 0 aliphatic carbocycles. The van der Waals surface area contributed by atoms with Crippen molar-refractivity contribution in [2.45, 2.75) is 44.9 Å². The summed E-state index contributed by atoms with van der Waals surface area (Å²) in [6.07, 6.45) is 8.38. The average molecular weight is 214 g/mol. The third-order valence-corrected chi connectivity index (χ3v) is 1.97. The molecule has 0 spiro atoms. The van der Waals surface area contributed by atoms with Crippen molar-refractivity contribution < 1.29 is 19.8 Å². The van der Waals surface area contributed by atoms with Crippen molar-refractivity contribution in [3.8, 4) is 0 Å². The van der Waals surface area contributed by atoms with Gasteiger partial charge in [0.2, 0.25) is 0 Å². The first kappa shape index (κ1) is 13.7. The molecule has 15 heavy (non-hydrogen) atoms. The van der Waals surface area contributed by atoms with Crippen LogP contribution in [-0.4, -0.2) is 22.2 Å². The first-order valence-electron chi connectivity index (χ1n) is 5.21. The average Bonchev–Trinajstić information content (AvgIpc) is 2.14. The fourth-order valence-corrected chi connectivity index (χ4v) is 1.19. The van der Waals surface area contributed by atoms with Gasteiger partial charge in [-0.15, -0.1) is 0 Å². The fraction of sp³-hybridized carbons (Fsp3) is 0.636. The SMILES string of the molecule is O=C(O)C/C=C\CCCCCCC(=O)O. The Labute approximate surface area is 89.6 Å². The van der Waals surface area contributed by atoms with Gasteiger partial charge in [0, 0.05) is 6.42 Å². The molecule has 86 valence electrons. The monoisotopic (exact) mass is 214 g/mol. The normalized spacial score (nSPS) is 10.7. The van der Waals surface area contributed by atoms with Gasteiger partial charge in [0.15, 0.2) is 0 Å². The lowest BCUT2D eigenvalue weighted by Gasteiger charge is -1.96. The van der Waals surface area contributed by atoms with Crippen molar-refractivity contribution in [3.63, 3.8) is 0 Å². The van der Waals surface area contributed by atoms with Crippen LogP contribution in [0.5, 0.6) is 0 Å².